The molecule has 110 valence electrons. The van der Waals surface area contributed by atoms with Crippen molar-refractivity contribution in [2.75, 3.05) is 11.9 Å². The van der Waals surface area contributed by atoms with Gasteiger partial charge in [-0.2, -0.15) is 0 Å². The van der Waals surface area contributed by atoms with Crippen LogP contribution in [0.5, 0.6) is 0 Å². The Bertz CT molecular complexity index is 649. The van der Waals surface area contributed by atoms with Crippen LogP contribution < -0.4 is 5.32 Å². The van der Waals surface area contributed by atoms with Gasteiger partial charge in [-0.3, -0.25) is 10.1 Å². The Labute approximate surface area is 125 Å². The first-order chi connectivity index (χ1) is 9.97. The highest BCUT2D eigenvalue weighted by Crippen LogP contribution is 2.22. The highest BCUT2D eigenvalue weighted by molar-refractivity contribution is 6.30. The van der Waals surface area contributed by atoms with Gasteiger partial charge in [0.25, 0.3) is 5.69 Å². The highest BCUT2D eigenvalue weighted by atomic mass is 35.5. The fourth-order valence-electron chi connectivity index (χ4n) is 1.78. The van der Waals surface area contributed by atoms with E-state index in [1.807, 2.05) is 0 Å². The van der Waals surface area contributed by atoms with Gasteiger partial charge in [0.2, 0.25) is 0 Å². The maximum atomic E-state index is 13.5. The van der Waals surface area contributed by atoms with Crippen LogP contribution in [0.2, 0.25) is 5.02 Å². The number of hydrogen-bond acceptors (Lipinski definition) is 4. The zero-order chi connectivity index (χ0) is 15.4. The van der Waals surface area contributed by atoms with Crippen LogP contribution in [-0.4, -0.2) is 16.6 Å². The molecule has 0 fully saturated rings. The summed E-state index contributed by atoms with van der Waals surface area (Å²) < 4.78 is 13.5. The van der Waals surface area contributed by atoms with Gasteiger partial charge >= 0.3 is 0 Å². The summed E-state index contributed by atoms with van der Waals surface area (Å²) in [7, 11) is 0. The van der Waals surface area contributed by atoms with Crippen molar-refractivity contribution in [1.82, 2.24) is 0 Å². The van der Waals surface area contributed by atoms with Gasteiger partial charge in [0.05, 0.1) is 16.7 Å². The summed E-state index contributed by atoms with van der Waals surface area (Å²) in [6, 6.07) is 9.59. The molecule has 0 amide bonds. The molecule has 5 nitrogen and oxygen atoms in total. The molecule has 0 bridgehead atoms. The fraction of sp³-hybridized carbons (Fsp3) is 0.143. The van der Waals surface area contributed by atoms with Crippen molar-refractivity contribution in [1.29, 1.82) is 0 Å². The molecule has 0 aliphatic heterocycles. The number of nitrogens with zero attached hydrogens (tertiary/aromatic N) is 1. The smallest absolute Gasteiger partial charge is 0.269 e. The Hall–Kier alpha value is -2.18. The van der Waals surface area contributed by atoms with Crippen LogP contribution >= 0.6 is 11.6 Å². The number of aliphatic hydroxyl groups is 1. The van der Waals surface area contributed by atoms with Crippen LogP contribution in [-0.2, 0) is 0 Å². The summed E-state index contributed by atoms with van der Waals surface area (Å²) in [5, 5.41) is 23.6. The van der Waals surface area contributed by atoms with E-state index in [4.69, 9.17) is 11.6 Å². The average Bonchev–Trinajstić information content (AvgIpc) is 2.48. The normalized spacial score (nSPS) is 12.0. The van der Waals surface area contributed by atoms with Crippen LogP contribution in [0.4, 0.5) is 15.8 Å². The van der Waals surface area contributed by atoms with Gasteiger partial charge in [0.1, 0.15) is 5.82 Å². The van der Waals surface area contributed by atoms with Gasteiger partial charge in [-0.25, -0.2) is 4.39 Å². The van der Waals surface area contributed by atoms with Crippen molar-refractivity contribution >= 4 is 23.0 Å². The number of nitrogens with one attached hydrogen (secondary N) is 1. The van der Waals surface area contributed by atoms with Gasteiger partial charge in [0, 0.05) is 23.7 Å². The number of benzene rings is 2. The minimum Gasteiger partial charge on any atom is -0.387 e. The molecule has 0 saturated carbocycles. The van der Waals surface area contributed by atoms with Crippen molar-refractivity contribution in [3.63, 3.8) is 0 Å². The highest BCUT2D eigenvalue weighted by Gasteiger charge is 2.11. The van der Waals surface area contributed by atoms with Crippen LogP contribution in [0.1, 0.15) is 11.7 Å². The number of nitro benzene ring substituents is 1. The van der Waals surface area contributed by atoms with Crippen molar-refractivity contribution < 1.29 is 14.4 Å². The fourth-order valence-corrected chi connectivity index (χ4v) is 1.95. The second-order valence-corrected chi connectivity index (χ2v) is 4.81. The summed E-state index contributed by atoms with van der Waals surface area (Å²) in [5.41, 5.74) is 0.624. The Kier molecular flexibility index (Phi) is 4.72. The molecule has 1 atom stereocenters. The lowest BCUT2D eigenvalue weighted by Gasteiger charge is -2.13. The number of anilines is 1. The lowest BCUT2D eigenvalue weighted by molar-refractivity contribution is -0.384. The van der Waals surface area contributed by atoms with E-state index in [9.17, 15) is 19.6 Å². The number of hydrogen-bond donors (Lipinski definition) is 2. The standard InChI is InChI=1S/C14H12ClFN2O3/c15-10-3-6-12(16)13(7-10)17-8-14(19)9-1-4-11(5-2-9)18(20)21/h1-7,14,17,19H,8H2. The minimum absolute atomic E-state index is 0.0507. The molecular formula is C14H12ClFN2O3. The van der Waals surface area contributed by atoms with Crippen molar-refractivity contribution in [2.45, 2.75) is 6.10 Å². The molecule has 21 heavy (non-hydrogen) atoms. The largest absolute Gasteiger partial charge is 0.387 e. The maximum Gasteiger partial charge on any atom is 0.269 e. The lowest BCUT2D eigenvalue weighted by Crippen LogP contribution is -2.13. The second-order valence-electron chi connectivity index (χ2n) is 4.37. The molecule has 2 rings (SSSR count). The number of halogens is 2. The summed E-state index contributed by atoms with van der Waals surface area (Å²) >= 11 is 5.76. The van der Waals surface area contributed by atoms with E-state index in [2.05, 4.69) is 5.32 Å². The van der Waals surface area contributed by atoms with E-state index < -0.39 is 16.8 Å². The molecule has 0 spiro atoms. The third kappa shape index (κ3) is 3.90. The monoisotopic (exact) mass is 310 g/mol. The summed E-state index contributed by atoms with van der Waals surface area (Å²) in [6.45, 7) is 0.0507. The van der Waals surface area contributed by atoms with Gasteiger partial charge in [-0.05, 0) is 35.9 Å². The van der Waals surface area contributed by atoms with Crippen molar-refractivity contribution in [3.05, 3.63) is 69.0 Å². The molecule has 2 N–H and O–H groups in total. The Morgan fingerprint density at radius 3 is 2.57 bits per heavy atom. The molecular weight excluding hydrogens is 299 g/mol. The van der Waals surface area contributed by atoms with E-state index in [0.717, 1.165) is 0 Å². The van der Waals surface area contributed by atoms with Crippen LogP contribution in [0.25, 0.3) is 0 Å². The molecule has 2 aromatic carbocycles. The van der Waals surface area contributed by atoms with Crippen molar-refractivity contribution in [2.24, 2.45) is 0 Å². The van der Waals surface area contributed by atoms with E-state index >= 15 is 0 Å². The third-order valence-corrected chi connectivity index (χ3v) is 3.14. The average molecular weight is 311 g/mol. The topological polar surface area (TPSA) is 75.4 Å². The number of rotatable bonds is 5. The van der Waals surface area contributed by atoms with Gasteiger partial charge in [-0.1, -0.05) is 11.6 Å². The number of aliphatic hydroxyl groups excluding tert-OH is 1. The molecule has 0 aliphatic rings. The molecule has 7 heteroatoms. The molecule has 1 unspecified atom stereocenters. The first-order valence-corrected chi connectivity index (χ1v) is 6.46. The predicted molar refractivity (Wildman–Crippen MR) is 78.0 cm³/mol. The number of non-ortho nitro benzene ring substituents is 1. The first-order valence-electron chi connectivity index (χ1n) is 6.08. The first kappa shape index (κ1) is 15.2. The van der Waals surface area contributed by atoms with E-state index in [0.29, 0.717) is 10.6 Å². The predicted octanol–water partition coefficient (Wildman–Crippen LogP) is 3.53. The number of nitro groups is 1. The van der Waals surface area contributed by atoms with Gasteiger partial charge in [0.15, 0.2) is 0 Å². The SMILES string of the molecule is O=[N+]([O-])c1ccc(C(O)CNc2cc(Cl)ccc2F)cc1. The quantitative estimate of drug-likeness (QED) is 0.654. The summed E-state index contributed by atoms with van der Waals surface area (Å²) in [6.07, 6.45) is -0.927. The zero-order valence-electron chi connectivity index (χ0n) is 10.8. The zero-order valence-corrected chi connectivity index (χ0v) is 11.5. The Balaban J connectivity index is 2.02. The van der Waals surface area contributed by atoms with E-state index in [1.54, 1.807) is 0 Å². The van der Waals surface area contributed by atoms with Gasteiger partial charge < -0.3 is 10.4 Å². The van der Waals surface area contributed by atoms with Crippen molar-refractivity contribution in [3.8, 4) is 0 Å². The second kappa shape index (κ2) is 6.51. The Morgan fingerprint density at radius 2 is 1.95 bits per heavy atom. The summed E-state index contributed by atoms with van der Waals surface area (Å²) in [4.78, 5) is 10.0. The van der Waals surface area contributed by atoms with E-state index in [-0.39, 0.29) is 17.9 Å². The molecule has 0 radical (unpaired) electrons. The molecule has 2 aromatic rings. The van der Waals surface area contributed by atoms with Crippen LogP contribution in [0.15, 0.2) is 42.5 Å². The van der Waals surface area contributed by atoms with Gasteiger partial charge in [-0.15, -0.1) is 0 Å². The molecule has 0 aromatic heterocycles. The third-order valence-electron chi connectivity index (χ3n) is 2.90. The Morgan fingerprint density at radius 1 is 1.29 bits per heavy atom. The lowest BCUT2D eigenvalue weighted by atomic mass is 10.1. The van der Waals surface area contributed by atoms with E-state index in [1.165, 1.54) is 42.5 Å². The molecule has 0 heterocycles. The molecule has 0 aliphatic carbocycles. The minimum atomic E-state index is -0.927. The molecule has 0 saturated heterocycles. The van der Waals surface area contributed by atoms with Crippen LogP contribution in [0.3, 0.4) is 0 Å². The van der Waals surface area contributed by atoms with Crippen LogP contribution in [0, 0.1) is 15.9 Å². The summed E-state index contributed by atoms with van der Waals surface area (Å²) in [5.74, 6) is -0.477. The maximum absolute atomic E-state index is 13.5.